The number of hydrogen-bond donors (Lipinski definition) is 2. The number of H-pyrrole nitrogens is 2. The van der Waals surface area contributed by atoms with Crippen molar-refractivity contribution in [2.45, 2.75) is 30.8 Å². The van der Waals surface area contributed by atoms with Gasteiger partial charge in [-0.3, -0.25) is 14.7 Å². The Balaban J connectivity index is 1.23. The predicted octanol–water partition coefficient (Wildman–Crippen LogP) is 1.40. The van der Waals surface area contributed by atoms with Gasteiger partial charge in [0.05, 0.1) is 36.4 Å². The van der Waals surface area contributed by atoms with Crippen molar-refractivity contribution >= 4 is 21.6 Å². The summed E-state index contributed by atoms with van der Waals surface area (Å²) in [5.74, 6) is -0.550. The number of benzene rings is 1. The van der Waals surface area contributed by atoms with Gasteiger partial charge in [-0.25, -0.2) is 22.9 Å². The van der Waals surface area contributed by atoms with Gasteiger partial charge in [-0.05, 0) is 24.8 Å². The fourth-order valence-electron chi connectivity index (χ4n) is 5.09. The molecule has 1 fully saturated rings. The Morgan fingerprint density at radius 1 is 1.14 bits per heavy atom. The number of fused-ring (bicyclic) bond motifs is 2. The fraction of sp³-hybridized carbons (Fsp3) is 0.333. The van der Waals surface area contributed by atoms with E-state index in [-0.39, 0.29) is 29.6 Å². The molecule has 186 valence electrons. The molecule has 1 aromatic carbocycles. The number of amides is 1. The molecule has 1 atom stereocenters. The first-order chi connectivity index (χ1) is 17.4. The predicted molar refractivity (Wildman–Crippen MR) is 130 cm³/mol. The molecule has 0 radical (unpaired) electrons. The van der Waals surface area contributed by atoms with Gasteiger partial charge >= 0.3 is 0 Å². The molecule has 2 aliphatic rings. The summed E-state index contributed by atoms with van der Waals surface area (Å²) >= 11 is 0. The summed E-state index contributed by atoms with van der Waals surface area (Å²) in [6.07, 6.45) is 4.21. The van der Waals surface area contributed by atoms with E-state index in [2.05, 4.69) is 15.1 Å². The zero-order valence-electron chi connectivity index (χ0n) is 19.4. The van der Waals surface area contributed by atoms with Crippen LogP contribution in [0.5, 0.6) is 0 Å². The van der Waals surface area contributed by atoms with Gasteiger partial charge in [-0.1, -0.05) is 30.3 Å². The number of carbonyl (C=O) groups excluding carboxylic acids is 1. The van der Waals surface area contributed by atoms with Crippen LogP contribution in [0.1, 0.15) is 24.1 Å². The van der Waals surface area contributed by atoms with Crippen molar-refractivity contribution in [1.29, 1.82) is 0 Å². The topological polar surface area (TPSA) is 137 Å². The average Bonchev–Trinajstić information content (AvgIpc) is 3.60. The smallest absolute Gasteiger partial charge is 0.276 e. The third-order valence-electron chi connectivity index (χ3n) is 6.99. The van der Waals surface area contributed by atoms with Crippen LogP contribution in [0.2, 0.25) is 0 Å². The minimum Gasteiger partial charge on any atom is -0.336 e. The summed E-state index contributed by atoms with van der Waals surface area (Å²) in [6, 6.07) is 11.5. The monoisotopic (exact) mass is 507 g/mol. The number of piperidine rings is 1. The van der Waals surface area contributed by atoms with Gasteiger partial charge in [0.1, 0.15) is 0 Å². The van der Waals surface area contributed by atoms with E-state index in [9.17, 15) is 18.0 Å². The normalized spacial score (nSPS) is 18.9. The summed E-state index contributed by atoms with van der Waals surface area (Å²) < 4.78 is 28.6. The summed E-state index contributed by atoms with van der Waals surface area (Å²) in [4.78, 5) is 39.5. The van der Waals surface area contributed by atoms with Crippen LogP contribution < -0.4 is 5.56 Å². The van der Waals surface area contributed by atoms with Crippen LogP contribution in [0.25, 0.3) is 16.9 Å². The Hall–Kier alpha value is -3.77. The highest BCUT2D eigenvalue weighted by atomic mass is 32.2. The van der Waals surface area contributed by atoms with Gasteiger partial charge in [0.25, 0.3) is 15.6 Å². The number of aromatic nitrogens is 5. The highest BCUT2D eigenvalue weighted by molar-refractivity contribution is 7.89. The van der Waals surface area contributed by atoms with Gasteiger partial charge in [-0.15, -0.1) is 0 Å². The van der Waals surface area contributed by atoms with Crippen molar-refractivity contribution in [3.05, 3.63) is 70.5 Å². The van der Waals surface area contributed by atoms with Gasteiger partial charge in [0.15, 0.2) is 10.7 Å². The van der Waals surface area contributed by atoms with E-state index in [0.29, 0.717) is 49.3 Å². The van der Waals surface area contributed by atoms with Crippen LogP contribution in [0, 0.1) is 5.92 Å². The second-order valence-corrected chi connectivity index (χ2v) is 11.1. The molecule has 0 bridgehead atoms. The lowest BCUT2D eigenvalue weighted by Gasteiger charge is -2.35. The largest absolute Gasteiger partial charge is 0.336 e. The van der Waals surface area contributed by atoms with Crippen LogP contribution >= 0.6 is 0 Å². The van der Waals surface area contributed by atoms with Gasteiger partial charge in [0.2, 0.25) is 5.91 Å². The molecule has 2 N–H and O–H groups in total. The van der Waals surface area contributed by atoms with Crippen molar-refractivity contribution < 1.29 is 13.2 Å². The number of hydrogen-bond acceptors (Lipinski definition) is 6. The maximum atomic E-state index is 13.4. The number of carbonyl (C=O) groups is 1. The molecule has 36 heavy (non-hydrogen) atoms. The Kier molecular flexibility index (Phi) is 5.49. The molecule has 4 aromatic rings. The van der Waals surface area contributed by atoms with E-state index < -0.39 is 15.9 Å². The Morgan fingerprint density at radius 2 is 1.97 bits per heavy atom. The molecule has 0 saturated carbocycles. The average molecular weight is 508 g/mol. The molecular weight excluding hydrogens is 482 g/mol. The number of aromatic amines is 2. The second kappa shape index (κ2) is 8.71. The molecule has 3 aromatic heterocycles. The van der Waals surface area contributed by atoms with Crippen LogP contribution in [0.3, 0.4) is 0 Å². The highest BCUT2D eigenvalue weighted by Gasteiger charge is 2.37. The molecule has 5 heterocycles. The number of sulfonamides is 1. The molecule has 12 heteroatoms. The molecule has 0 spiro atoms. The molecule has 2 aliphatic heterocycles. The van der Waals surface area contributed by atoms with Crippen molar-refractivity contribution in [2.24, 2.45) is 5.92 Å². The summed E-state index contributed by atoms with van der Waals surface area (Å²) in [5, 5.41) is 3.16. The number of nitrogens with one attached hydrogen (secondary N) is 2. The Labute approximate surface area is 206 Å². The van der Waals surface area contributed by atoms with Gasteiger partial charge < -0.3 is 9.88 Å². The minimum absolute atomic E-state index is 0.0255. The van der Waals surface area contributed by atoms with Crippen LogP contribution in [-0.2, 0) is 27.8 Å². The molecule has 11 nitrogen and oxygen atoms in total. The number of imidazole rings is 1. The van der Waals surface area contributed by atoms with Crippen LogP contribution in [0.4, 0.5) is 0 Å². The van der Waals surface area contributed by atoms with E-state index >= 15 is 0 Å². The van der Waals surface area contributed by atoms with E-state index in [1.54, 1.807) is 4.90 Å². The highest BCUT2D eigenvalue weighted by Crippen LogP contribution is 2.26. The molecular formula is C24H25N7O4S. The van der Waals surface area contributed by atoms with Gasteiger partial charge in [0, 0.05) is 31.3 Å². The first kappa shape index (κ1) is 22.7. The van der Waals surface area contributed by atoms with Crippen molar-refractivity contribution in [2.75, 3.05) is 19.6 Å². The second-order valence-electron chi connectivity index (χ2n) is 9.20. The summed E-state index contributed by atoms with van der Waals surface area (Å²) in [5.41, 5.74) is 3.28. The maximum Gasteiger partial charge on any atom is 0.276 e. The first-order valence-electron chi connectivity index (χ1n) is 11.9. The van der Waals surface area contributed by atoms with Gasteiger partial charge in [-0.2, -0.15) is 4.31 Å². The fourth-order valence-corrected chi connectivity index (χ4v) is 6.51. The lowest BCUT2D eigenvalue weighted by molar-refractivity contribution is -0.137. The quantitative estimate of drug-likeness (QED) is 0.429. The molecule has 1 saturated heterocycles. The van der Waals surface area contributed by atoms with E-state index in [1.165, 1.54) is 21.3 Å². The standard InChI is InChI=1S/C24H25N7O4S/c32-23(17-7-4-9-30(13-17)36(34,35)22-12-25-15-26-22)29-10-8-18-20(14-29)27-21-11-19(28-31(21)24(18)33)16-5-2-1-3-6-16/h1-3,5-6,11-12,15,17,28H,4,7-10,13-14H2,(H,25,26)/t17-/m1/s1. The lowest BCUT2D eigenvalue weighted by atomic mass is 9.96. The van der Waals surface area contributed by atoms with Crippen LogP contribution in [0.15, 0.2) is 58.7 Å². The zero-order chi connectivity index (χ0) is 24.9. The first-order valence-corrected chi connectivity index (χ1v) is 13.3. The SMILES string of the molecule is O=C([C@@H]1CCCN(S(=O)(=O)c2cnc[nH]2)C1)N1CCc2c(nc3cc(-c4ccccc4)[nH]n3c2=O)C1. The molecule has 0 unspecified atom stereocenters. The lowest BCUT2D eigenvalue weighted by Crippen LogP contribution is -2.48. The third kappa shape index (κ3) is 3.82. The summed E-state index contributed by atoms with van der Waals surface area (Å²) in [6.45, 7) is 1.11. The number of nitrogens with zero attached hydrogens (tertiary/aromatic N) is 5. The van der Waals surface area contributed by atoms with E-state index in [0.717, 1.165) is 11.3 Å². The van der Waals surface area contributed by atoms with Crippen LogP contribution in [-0.4, -0.2) is 67.7 Å². The Bertz CT molecular complexity index is 1590. The van der Waals surface area contributed by atoms with E-state index in [1.807, 2.05) is 36.4 Å². The maximum absolute atomic E-state index is 13.4. The molecule has 0 aliphatic carbocycles. The minimum atomic E-state index is -3.73. The molecule has 6 rings (SSSR count). The number of rotatable bonds is 4. The summed E-state index contributed by atoms with van der Waals surface area (Å²) in [7, 11) is -3.73. The van der Waals surface area contributed by atoms with Crippen molar-refractivity contribution in [3.8, 4) is 11.3 Å². The van der Waals surface area contributed by atoms with Crippen molar-refractivity contribution in [1.82, 2.24) is 33.8 Å². The zero-order valence-corrected chi connectivity index (χ0v) is 20.2. The molecule has 1 amide bonds. The van der Waals surface area contributed by atoms with Crippen molar-refractivity contribution in [3.63, 3.8) is 0 Å². The Morgan fingerprint density at radius 3 is 2.75 bits per heavy atom. The van der Waals surface area contributed by atoms with E-state index in [4.69, 9.17) is 4.98 Å². The third-order valence-corrected chi connectivity index (χ3v) is 8.78.